The van der Waals surface area contributed by atoms with Gasteiger partial charge in [-0.15, -0.1) is 0 Å². The minimum Gasteiger partial charge on any atom is -0.355 e. The van der Waals surface area contributed by atoms with Crippen molar-refractivity contribution in [2.24, 2.45) is 0 Å². The number of hydrogen-bond donors (Lipinski definition) is 2. The van der Waals surface area contributed by atoms with Crippen LogP contribution in [0.4, 0.5) is 0 Å². The minimum atomic E-state index is 0.113. The Balaban J connectivity index is 2.20. The molecule has 0 unspecified atom stereocenters. The number of carbonyl (C=O) groups excluding carboxylic acids is 1. The van der Waals surface area contributed by atoms with Crippen molar-refractivity contribution in [2.45, 2.75) is 45.1 Å². The minimum absolute atomic E-state index is 0.113. The van der Waals surface area contributed by atoms with Crippen molar-refractivity contribution >= 4 is 5.91 Å². The molecule has 1 amide bonds. The summed E-state index contributed by atoms with van der Waals surface area (Å²) in [5.74, 6) is 0.113. The zero-order valence-corrected chi connectivity index (χ0v) is 8.65. The van der Waals surface area contributed by atoms with Crippen molar-refractivity contribution in [1.82, 2.24) is 10.6 Å². The van der Waals surface area contributed by atoms with Crippen LogP contribution in [0.3, 0.4) is 0 Å². The van der Waals surface area contributed by atoms with Crippen molar-refractivity contribution in [3.8, 4) is 0 Å². The summed E-state index contributed by atoms with van der Waals surface area (Å²) in [6, 6.07) is 0. The van der Waals surface area contributed by atoms with Gasteiger partial charge in [-0.2, -0.15) is 0 Å². The second-order valence-corrected chi connectivity index (χ2v) is 3.79. The van der Waals surface area contributed by atoms with E-state index in [0.29, 0.717) is 6.54 Å². The smallest absolute Gasteiger partial charge is 0.233 e. The fourth-order valence-electron chi connectivity index (χ4n) is 1.79. The summed E-state index contributed by atoms with van der Waals surface area (Å²) in [5, 5.41) is 6.14. The molecule has 1 aliphatic carbocycles. The van der Waals surface area contributed by atoms with Crippen LogP contribution in [0.2, 0.25) is 0 Å². The van der Waals surface area contributed by atoms with E-state index in [-0.39, 0.29) is 11.4 Å². The van der Waals surface area contributed by atoms with Crippen LogP contribution in [0.1, 0.15) is 39.5 Å². The van der Waals surface area contributed by atoms with Crippen molar-refractivity contribution < 1.29 is 4.79 Å². The fraction of sp³-hybridized carbons (Fsp3) is 0.900. The van der Waals surface area contributed by atoms with Crippen LogP contribution in [0, 0.1) is 0 Å². The van der Waals surface area contributed by atoms with Gasteiger partial charge in [0.15, 0.2) is 0 Å². The number of carbonyl (C=O) groups is 1. The lowest BCUT2D eigenvalue weighted by Crippen LogP contribution is -2.53. The first-order chi connectivity index (χ1) is 6.22. The molecule has 0 bridgehead atoms. The van der Waals surface area contributed by atoms with Crippen LogP contribution in [0.5, 0.6) is 0 Å². The van der Waals surface area contributed by atoms with Crippen LogP contribution in [-0.2, 0) is 4.79 Å². The SMILES string of the molecule is CCNC(=O)CNC1(CC)CCC1. The van der Waals surface area contributed by atoms with E-state index in [1.165, 1.54) is 19.3 Å². The summed E-state index contributed by atoms with van der Waals surface area (Å²) in [7, 11) is 0. The lowest BCUT2D eigenvalue weighted by atomic mass is 9.75. The number of hydrogen-bond acceptors (Lipinski definition) is 2. The highest BCUT2D eigenvalue weighted by atomic mass is 16.1. The van der Waals surface area contributed by atoms with Crippen LogP contribution < -0.4 is 10.6 Å². The fourth-order valence-corrected chi connectivity index (χ4v) is 1.79. The Kier molecular flexibility index (Phi) is 3.72. The maximum absolute atomic E-state index is 11.2. The van der Waals surface area contributed by atoms with E-state index >= 15 is 0 Å². The summed E-state index contributed by atoms with van der Waals surface area (Å²) in [5.41, 5.74) is 0.283. The third-order valence-electron chi connectivity index (χ3n) is 2.99. The van der Waals surface area contributed by atoms with Gasteiger partial charge in [-0.3, -0.25) is 4.79 Å². The van der Waals surface area contributed by atoms with Gasteiger partial charge in [0, 0.05) is 12.1 Å². The highest BCUT2D eigenvalue weighted by molar-refractivity contribution is 5.78. The molecule has 1 saturated carbocycles. The Bertz CT molecular complexity index is 170. The number of likely N-dealkylation sites (N-methyl/N-ethyl adjacent to an activating group) is 1. The summed E-state index contributed by atoms with van der Waals surface area (Å²) in [4.78, 5) is 11.2. The highest BCUT2D eigenvalue weighted by Gasteiger charge is 2.34. The van der Waals surface area contributed by atoms with Gasteiger partial charge in [-0.1, -0.05) is 6.92 Å². The van der Waals surface area contributed by atoms with E-state index in [4.69, 9.17) is 0 Å². The molecule has 0 aliphatic heterocycles. The predicted octanol–water partition coefficient (Wildman–Crippen LogP) is 1.04. The Morgan fingerprint density at radius 2 is 2.08 bits per heavy atom. The first-order valence-electron chi connectivity index (χ1n) is 5.24. The van der Waals surface area contributed by atoms with Gasteiger partial charge >= 0.3 is 0 Å². The van der Waals surface area contributed by atoms with Crippen molar-refractivity contribution in [2.75, 3.05) is 13.1 Å². The number of amides is 1. The molecule has 3 heteroatoms. The van der Waals surface area contributed by atoms with E-state index in [2.05, 4.69) is 17.6 Å². The molecule has 0 aromatic rings. The van der Waals surface area contributed by atoms with Crippen molar-refractivity contribution in [3.63, 3.8) is 0 Å². The largest absolute Gasteiger partial charge is 0.355 e. The first-order valence-corrected chi connectivity index (χ1v) is 5.24. The highest BCUT2D eigenvalue weighted by Crippen LogP contribution is 2.34. The lowest BCUT2D eigenvalue weighted by molar-refractivity contribution is -0.120. The Morgan fingerprint density at radius 1 is 1.38 bits per heavy atom. The zero-order valence-electron chi connectivity index (χ0n) is 8.65. The second-order valence-electron chi connectivity index (χ2n) is 3.79. The van der Waals surface area contributed by atoms with Crippen LogP contribution in [-0.4, -0.2) is 24.5 Å². The van der Waals surface area contributed by atoms with Crippen LogP contribution in [0.25, 0.3) is 0 Å². The normalized spacial score (nSPS) is 19.2. The third kappa shape index (κ3) is 2.69. The Labute approximate surface area is 80.3 Å². The number of nitrogens with one attached hydrogen (secondary N) is 2. The maximum Gasteiger partial charge on any atom is 0.233 e. The maximum atomic E-state index is 11.2. The molecule has 76 valence electrons. The topological polar surface area (TPSA) is 41.1 Å². The van der Waals surface area contributed by atoms with Gasteiger partial charge in [-0.25, -0.2) is 0 Å². The molecule has 0 radical (unpaired) electrons. The monoisotopic (exact) mass is 184 g/mol. The quantitative estimate of drug-likeness (QED) is 0.670. The summed E-state index contributed by atoms with van der Waals surface area (Å²) in [6.45, 7) is 5.32. The van der Waals surface area contributed by atoms with E-state index in [9.17, 15) is 4.79 Å². The molecular weight excluding hydrogens is 164 g/mol. The standard InChI is InChI=1S/C10H20N2O/c1-3-10(6-5-7-10)12-8-9(13)11-4-2/h12H,3-8H2,1-2H3,(H,11,13). The molecule has 1 rings (SSSR count). The average Bonchev–Trinajstić information content (AvgIpc) is 2.04. The van der Waals surface area contributed by atoms with Crippen molar-refractivity contribution in [3.05, 3.63) is 0 Å². The second kappa shape index (κ2) is 4.61. The van der Waals surface area contributed by atoms with E-state index < -0.39 is 0 Å². The molecule has 0 spiro atoms. The van der Waals surface area contributed by atoms with Crippen LogP contribution >= 0.6 is 0 Å². The third-order valence-corrected chi connectivity index (χ3v) is 2.99. The zero-order chi connectivity index (χ0) is 9.73. The number of rotatable bonds is 5. The molecule has 3 nitrogen and oxygen atoms in total. The Morgan fingerprint density at radius 3 is 2.46 bits per heavy atom. The van der Waals surface area contributed by atoms with Crippen LogP contribution in [0.15, 0.2) is 0 Å². The van der Waals surface area contributed by atoms with Gasteiger partial charge < -0.3 is 10.6 Å². The average molecular weight is 184 g/mol. The van der Waals surface area contributed by atoms with E-state index in [1.807, 2.05) is 6.92 Å². The van der Waals surface area contributed by atoms with Gasteiger partial charge in [-0.05, 0) is 32.6 Å². The first kappa shape index (κ1) is 10.5. The molecular formula is C10H20N2O. The molecule has 0 aromatic heterocycles. The van der Waals surface area contributed by atoms with Gasteiger partial charge in [0.2, 0.25) is 5.91 Å². The molecule has 13 heavy (non-hydrogen) atoms. The van der Waals surface area contributed by atoms with Gasteiger partial charge in [0.1, 0.15) is 0 Å². The summed E-state index contributed by atoms with van der Waals surface area (Å²) >= 11 is 0. The van der Waals surface area contributed by atoms with Gasteiger partial charge in [0.05, 0.1) is 6.54 Å². The molecule has 0 heterocycles. The lowest BCUT2D eigenvalue weighted by Gasteiger charge is -2.42. The predicted molar refractivity (Wildman–Crippen MR) is 53.6 cm³/mol. The van der Waals surface area contributed by atoms with Gasteiger partial charge in [0.25, 0.3) is 0 Å². The van der Waals surface area contributed by atoms with E-state index in [1.54, 1.807) is 0 Å². The molecule has 2 N–H and O–H groups in total. The molecule has 0 atom stereocenters. The van der Waals surface area contributed by atoms with E-state index in [0.717, 1.165) is 13.0 Å². The Hall–Kier alpha value is -0.570. The summed E-state index contributed by atoms with van der Waals surface area (Å²) < 4.78 is 0. The summed E-state index contributed by atoms with van der Waals surface area (Å²) in [6.07, 6.45) is 4.88. The molecule has 1 aliphatic rings. The molecule has 0 saturated heterocycles. The molecule has 0 aromatic carbocycles. The van der Waals surface area contributed by atoms with Crippen molar-refractivity contribution in [1.29, 1.82) is 0 Å². The molecule has 1 fully saturated rings.